The van der Waals surface area contributed by atoms with Crippen LogP contribution in [0.1, 0.15) is 127 Å². The van der Waals surface area contributed by atoms with Crippen LogP contribution < -0.4 is 4.74 Å². The molecule has 1 fully saturated rings. The molecule has 0 amide bonds. The number of ether oxygens (including phenoxy) is 1. The van der Waals surface area contributed by atoms with E-state index in [1.807, 2.05) is 0 Å². The zero-order chi connectivity index (χ0) is 25.5. The van der Waals surface area contributed by atoms with E-state index in [1.54, 1.807) is 0 Å². The second-order valence-corrected chi connectivity index (χ2v) is 12.5. The molecule has 6 heteroatoms. The van der Waals surface area contributed by atoms with Gasteiger partial charge in [-0.2, -0.15) is 0 Å². The van der Waals surface area contributed by atoms with Gasteiger partial charge in [0.15, 0.2) is 9.84 Å². The highest BCUT2D eigenvalue weighted by Gasteiger charge is 2.31. The van der Waals surface area contributed by atoms with Gasteiger partial charge in [0.2, 0.25) is 0 Å². The highest BCUT2D eigenvalue weighted by atomic mass is 32.2. The van der Waals surface area contributed by atoms with Crippen LogP contribution in [0.15, 0.2) is 23.1 Å². The summed E-state index contributed by atoms with van der Waals surface area (Å²) in [5, 5.41) is 9.73. The maximum Gasteiger partial charge on any atom is 0.339 e. The first-order chi connectivity index (χ1) is 16.9. The summed E-state index contributed by atoms with van der Waals surface area (Å²) >= 11 is 0. The summed E-state index contributed by atoms with van der Waals surface area (Å²) in [5.41, 5.74) is -0.0558. The number of hydrogen-bond donors (Lipinski definition) is 1. The lowest BCUT2D eigenvalue weighted by Crippen LogP contribution is -2.16. The van der Waals surface area contributed by atoms with Crippen LogP contribution in [0.5, 0.6) is 5.75 Å². The second kappa shape index (κ2) is 16.2. The SMILES string of the molecule is CCCCCCCCCS(=O)(=O)c1ccc(OCC(CCCCCCCC)C2CC2)c(C(=O)O)c1. The molecule has 0 aromatic heterocycles. The van der Waals surface area contributed by atoms with Gasteiger partial charge >= 0.3 is 5.97 Å². The van der Waals surface area contributed by atoms with Gasteiger partial charge in [-0.05, 0) is 55.7 Å². The van der Waals surface area contributed by atoms with Crippen molar-refractivity contribution >= 4 is 15.8 Å². The molecule has 1 N–H and O–H groups in total. The third-order valence-corrected chi connectivity index (χ3v) is 9.03. The number of unbranched alkanes of at least 4 members (excludes halogenated alkanes) is 11. The highest BCUT2D eigenvalue weighted by Crippen LogP contribution is 2.40. The summed E-state index contributed by atoms with van der Waals surface area (Å²) in [5.74, 6) is 0.319. The van der Waals surface area contributed by atoms with Crippen LogP contribution in [-0.4, -0.2) is 31.9 Å². The van der Waals surface area contributed by atoms with Crippen LogP contribution in [0.2, 0.25) is 0 Å². The standard InChI is InChI=1S/C29H48O5S/c1-3-5-7-9-11-13-15-21-35(32,33)26-19-20-28(27(22-26)29(30)31)34-23-25(24-17-18-24)16-14-12-10-8-6-4-2/h19-20,22,24-25H,3-18,21,23H2,1-2H3,(H,30,31). The molecule has 1 aliphatic rings. The van der Waals surface area contributed by atoms with Crippen LogP contribution in [-0.2, 0) is 9.84 Å². The number of carboxylic acid groups (broad SMARTS) is 1. The lowest BCUT2D eigenvalue weighted by molar-refractivity contribution is 0.0690. The molecule has 0 bridgehead atoms. The van der Waals surface area contributed by atoms with Gasteiger partial charge in [0, 0.05) is 0 Å². The molecule has 0 radical (unpaired) electrons. The third-order valence-electron chi connectivity index (χ3n) is 7.23. The van der Waals surface area contributed by atoms with E-state index in [9.17, 15) is 18.3 Å². The molecule has 1 saturated carbocycles. The molecule has 0 heterocycles. The smallest absolute Gasteiger partial charge is 0.339 e. The van der Waals surface area contributed by atoms with Gasteiger partial charge in [-0.15, -0.1) is 0 Å². The molecule has 0 saturated heterocycles. The first-order valence-electron chi connectivity index (χ1n) is 14.1. The Hall–Kier alpha value is -1.56. The van der Waals surface area contributed by atoms with E-state index in [0.29, 0.717) is 24.9 Å². The van der Waals surface area contributed by atoms with Gasteiger partial charge in [0.05, 0.1) is 17.3 Å². The number of sulfone groups is 1. The summed E-state index contributed by atoms with van der Waals surface area (Å²) in [6.07, 6.45) is 18.5. The monoisotopic (exact) mass is 508 g/mol. The quantitative estimate of drug-likeness (QED) is 0.170. The minimum absolute atomic E-state index is 0.0558. The Morgan fingerprint density at radius 3 is 2.06 bits per heavy atom. The predicted molar refractivity (Wildman–Crippen MR) is 143 cm³/mol. The topological polar surface area (TPSA) is 80.7 Å². The fourth-order valence-electron chi connectivity index (χ4n) is 4.77. The Labute approximate surface area is 214 Å². The molecule has 1 atom stereocenters. The lowest BCUT2D eigenvalue weighted by Gasteiger charge is -2.18. The van der Waals surface area contributed by atoms with Crippen molar-refractivity contribution in [2.24, 2.45) is 11.8 Å². The predicted octanol–water partition coefficient (Wildman–Crippen LogP) is 8.06. The average molecular weight is 509 g/mol. The van der Waals surface area contributed by atoms with Gasteiger partial charge in [-0.3, -0.25) is 0 Å². The minimum atomic E-state index is -3.51. The van der Waals surface area contributed by atoms with Gasteiger partial charge in [0.1, 0.15) is 11.3 Å². The average Bonchev–Trinajstić information content (AvgIpc) is 3.68. The molecule has 5 nitrogen and oxygen atoms in total. The van der Waals surface area contributed by atoms with Gasteiger partial charge < -0.3 is 9.84 Å². The van der Waals surface area contributed by atoms with Crippen molar-refractivity contribution < 1.29 is 23.1 Å². The molecule has 1 aromatic rings. The Morgan fingerprint density at radius 1 is 0.914 bits per heavy atom. The fraction of sp³-hybridized carbons (Fsp3) is 0.759. The van der Waals surface area contributed by atoms with Crippen molar-refractivity contribution in [2.75, 3.05) is 12.4 Å². The molecule has 200 valence electrons. The molecular weight excluding hydrogens is 460 g/mol. The van der Waals surface area contributed by atoms with Crippen molar-refractivity contribution in [2.45, 2.75) is 121 Å². The Kier molecular flexibility index (Phi) is 13.8. The van der Waals surface area contributed by atoms with Crippen LogP contribution in [0.4, 0.5) is 0 Å². The van der Waals surface area contributed by atoms with Crippen LogP contribution >= 0.6 is 0 Å². The normalized spacial score (nSPS) is 14.7. The third kappa shape index (κ3) is 11.4. The highest BCUT2D eigenvalue weighted by molar-refractivity contribution is 7.91. The molecule has 0 aliphatic heterocycles. The van der Waals surface area contributed by atoms with Crippen LogP contribution in [0.25, 0.3) is 0 Å². The number of carbonyl (C=O) groups is 1. The minimum Gasteiger partial charge on any atom is -0.492 e. The summed E-state index contributed by atoms with van der Waals surface area (Å²) in [6, 6.07) is 4.34. The van der Waals surface area contributed by atoms with Crippen molar-refractivity contribution in [3.63, 3.8) is 0 Å². The first kappa shape index (κ1) is 29.7. The molecule has 1 aliphatic carbocycles. The largest absolute Gasteiger partial charge is 0.492 e. The molecule has 1 aromatic carbocycles. The maximum atomic E-state index is 12.8. The number of hydrogen-bond acceptors (Lipinski definition) is 4. The Bertz CT molecular complexity index is 845. The number of benzene rings is 1. The van der Waals surface area contributed by atoms with E-state index < -0.39 is 15.8 Å². The fourth-order valence-corrected chi connectivity index (χ4v) is 6.16. The molecule has 1 unspecified atom stereocenters. The zero-order valence-corrected chi connectivity index (χ0v) is 22.9. The Morgan fingerprint density at radius 2 is 1.49 bits per heavy atom. The molecular formula is C29H48O5S. The second-order valence-electron chi connectivity index (χ2n) is 10.4. The maximum absolute atomic E-state index is 12.8. The van der Waals surface area contributed by atoms with Crippen LogP contribution in [0.3, 0.4) is 0 Å². The summed E-state index contributed by atoms with van der Waals surface area (Å²) in [7, 11) is -3.51. The number of carboxylic acids is 1. The van der Waals surface area contributed by atoms with Gasteiger partial charge in [-0.1, -0.05) is 90.9 Å². The Balaban J connectivity index is 1.89. The van der Waals surface area contributed by atoms with Crippen molar-refractivity contribution in [1.82, 2.24) is 0 Å². The summed E-state index contributed by atoms with van der Waals surface area (Å²) in [6.45, 7) is 4.91. The van der Waals surface area contributed by atoms with E-state index in [1.165, 1.54) is 88.8 Å². The molecule has 35 heavy (non-hydrogen) atoms. The lowest BCUT2D eigenvalue weighted by atomic mass is 9.96. The molecule has 0 spiro atoms. The number of rotatable bonds is 21. The van der Waals surface area contributed by atoms with Crippen molar-refractivity contribution in [1.29, 1.82) is 0 Å². The van der Waals surface area contributed by atoms with E-state index in [-0.39, 0.29) is 22.0 Å². The van der Waals surface area contributed by atoms with Gasteiger partial charge in [0.25, 0.3) is 0 Å². The summed E-state index contributed by atoms with van der Waals surface area (Å²) in [4.78, 5) is 12.0. The van der Waals surface area contributed by atoms with Crippen molar-refractivity contribution in [3.8, 4) is 5.75 Å². The zero-order valence-electron chi connectivity index (χ0n) is 22.1. The van der Waals surface area contributed by atoms with E-state index in [0.717, 1.165) is 25.7 Å². The van der Waals surface area contributed by atoms with Crippen molar-refractivity contribution in [3.05, 3.63) is 23.8 Å². The number of aromatic carboxylic acids is 1. The van der Waals surface area contributed by atoms with E-state index >= 15 is 0 Å². The van der Waals surface area contributed by atoms with E-state index in [2.05, 4.69) is 13.8 Å². The van der Waals surface area contributed by atoms with E-state index in [4.69, 9.17) is 4.74 Å². The first-order valence-corrected chi connectivity index (χ1v) is 15.8. The van der Waals surface area contributed by atoms with Gasteiger partial charge in [-0.25, -0.2) is 13.2 Å². The van der Waals surface area contributed by atoms with Crippen LogP contribution in [0, 0.1) is 11.8 Å². The summed E-state index contributed by atoms with van der Waals surface area (Å²) < 4.78 is 31.6. The molecule has 2 rings (SSSR count).